The first-order chi connectivity index (χ1) is 7.18. The molecule has 0 saturated carbocycles. The van der Waals surface area contributed by atoms with Crippen molar-refractivity contribution in [2.75, 3.05) is 0 Å². The van der Waals surface area contributed by atoms with Crippen molar-refractivity contribution in [1.29, 1.82) is 0 Å². The van der Waals surface area contributed by atoms with Gasteiger partial charge in [-0.05, 0) is 12.5 Å². The van der Waals surface area contributed by atoms with E-state index in [1.54, 1.807) is 6.20 Å². The van der Waals surface area contributed by atoms with E-state index in [0.29, 0.717) is 0 Å². The van der Waals surface area contributed by atoms with Gasteiger partial charge in [0, 0.05) is 19.4 Å². The van der Waals surface area contributed by atoms with E-state index in [0.717, 1.165) is 11.4 Å². The normalized spacial score (nSPS) is 12.7. The van der Waals surface area contributed by atoms with Gasteiger partial charge in [-0.2, -0.15) is 0 Å². The summed E-state index contributed by atoms with van der Waals surface area (Å²) >= 11 is 0. The molecule has 0 amide bonds. The fraction of sp³-hybridized carbons (Fsp3) is 0.250. The van der Waals surface area contributed by atoms with Gasteiger partial charge >= 0.3 is 0 Å². The minimum atomic E-state index is -0.148. The Labute approximate surface area is 89.6 Å². The van der Waals surface area contributed by atoms with E-state index in [-0.39, 0.29) is 6.04 Å². The second kappa shape index (κ2) is 3.87. The Morgan fingerprint density at radius 3 is 2.80 bits per heavy atom. The lowest BCUT2D eigenvalue weighted by Crippen LogP contribution is -2.16. The molecule has 0 radical (unpaired) electrons. The van der Waals surface area contributed by atoms with Crippen LogP contribution in [0.1, 0.15) is 23.0 Å². The molecule has 1 heterocycles. The molecule has 0 saturated heterocycles. The largest absolute Gasteiger partial charge is 0.336 e. The zero-order valence-corrected chi connectivity index (χ0v) is 9.01. The highest BCUT2D eigenvalue weighted by atomic mass is 15.1. The maximum Gasteiger partial charge on any atom is 0.129 e. The Morgan fingerprint density at radius 2 is 2.20 bits per heavy atom. The molecule has 1 atom stereocenters. The standard InChI is InChI=1S/C12H15N3/c1-9-4-3-5-10(8-9)11(13)12-14-6-7-15(12)2/h3-8,11H,13H2,1-2H3/t11-/m0/s1. The number of nitrogens with two attached hydrogens (primary N) is 1. The number of benzene rings is 1. The van der Waals surface area contributed by atoms with Crippen LogP contribution in [0.15, 0.2) is 36.7 Å². The molecule has 0 aliphatic carbocycles. The van der Waals surface area contributed by atoms with Gasteiger partial charge in [-0.25, -0.2) is 4.98 Å². The van der Waals surface area contributed by atoms with Crippen molar-refractivity contribution in [3.8, 4) is 0 Å². The molecule has 15 heavy (non-hydrogen) atoms. The average molecular weight is 201 g/mol. The number of rotatable bonds is 2. The molecule has 2 aromatic rings. The highest BCUT2D eigenvalue weighted by Crippen LogP contribution is 2.18. The predicted molar refractivity (Wildman–Crippen MR) is 60.4 cm³/mol. The van der Waals surface area contributed by atoms with E-state index in [1.165, 1.54) is 5.56 Å². The predicted octanol–water partition coefficient (Wildman–Crippen LogP) is 1.78. The molecule has 0 aliphatic heterocycles. The third-order valence-corrected chi connectivity index (χ3v) is 2.54. The van der Waals surface area contributed by atoms with E-state index in [9.17, 15) is 0 Å². The molecular formula is C12H15N3. The number of aromatic nitrogens is 2. The Kier molecular flexibility index (Phi) is 2.56. The molecule has 0 fully saturated rings. The van der Waals surface area contributed by atoms with Crippen LogP contribution in [0.4, 0.5) is 0 Å². The minimum Gasteiger partial charge on any atom is -0.336 e. The molecule has 3 heteroatoms. The topological polar surface area (TPSA) is 43.8 Å². The van der Waals surface area contributed by atoms with Crippen molar-refractivity contribution in [3.63, 3.8) is 0 Å². The van der Waals surface area contributed by atoms with E-state index in [1.807, 2.05) is 29.9 Å². The Balaban J connectivity index is 2.36. The van der Waals surface area contributed by atoms with E-state index in [2.05, 4.69) is 24.0 Å². The summed E-state index contributed by atoms with van der Waals surface area (Å²) in [5.41, 5.74) is 8.47. The maximum absolute atomic E-state index is 6.15. The molecule has 78 valence electrons. The van der Waals surface area contributed by atoms with Crippen molar-refractivity contribution in [2.24, 2.45) is 12.8 Å². The molecule has 0 unspecified atom stereocenters. The van der Waals surface area contributed by atoms with Gasteiger partial charge in [-0.1, -0.05) is 29.8 Å². The van der Waals surface area contributed by atoms with Gasteiger partial charge in [0.25, 0.3) is 0 Å². The van der Waals surface area contributed by atoms with Crippen LogP contribution in [0.3, 0.4) is 0 Å². The minimum absolute atomic E-state index is 0.148. The quantitative estimate of drug-likeness (QED) is 0.804. The van der Waals surface area contributed by atoms with Crippen LogP contribution in [-0.2, 0) is 7.05 Å². The van der Waals surface area contributed by atoms with Crippen molar-refractivity contribution in [3.05, 3.63) is 53.6 Å². The number of aryl methyl sites for hydroxylation is 2. The lowest BCUT2D eigenvalue weighted by Gasteiger charge is -2.12. The van der Waals surface area contributed by atoms with Crippen LogP contribution in [-0.4, -0.2) is 9.55 Å². The van der Waals surface area contributed by atoms with Gasteiger partial charge in [-0.15, -0.1) is 0 Å². The smallest absolute Gasteiger partial charge is 0.129 e. The summed E-state index contributed by atoms with van der Waals surface area (Å²) in [6.45, 7) is 2.06. The number of imidazole rings is 1. The Morgan fingerprint density at radius 1 is 1.40 bits per heavy atom. The number of nitrogens with zero attached hydrogens (tertiary/aromatic N) is 2. The first-order valence-electron chi connectivity index (χ1n) is 4.98. The number of hydrogen-bond acceptors (Lipinski definition) is 2. The highest BCUT2D eigenvalue weighted by Gasteiger charge is 2.12. The highest BCUT2D eigenvalue weighted by molar-refractivity contribution is 5.28. The van der Waals surface area contributed by atoms with Crippen LogP contribution in [0.25, 0.3) is 0 Å². The maximum atomic E-state index is 6.15. The van der Waals surface area contributed by atoms with Gasteiger partial charge < -0.3 is 10.3 Å². The summed E-state index contributed by atoms with van der Waals surface area (Å²) < 4.78 is 1.95. The third-order valence-electron chi connectivity index (χ3n) is 2.54. The summed E-state index contributed by atoms with van der Waals surface area (Å²) in [5, 5.41) is 0. The second-order valence-electron chi connectivity index (χ2n) is 3.79. The molecule has 2 rings (SSSR count). The van der Waals surface area contributed by atoms with Crippen LogP contribution in [0.2, 0.25) is 0 Å². The van der Waals surface area contributed by atoms with Gasteiger partial charge in [0.1, 0.15) is 5.82 Å². The first kappa shape index (κ1) is 9.93. The summed E-state index contributed by atoms with van der Waals surface area (Å²) in [7, 11) is 1.96. The molecule has 1 aromatic heterocycles. The zero-order valence-electron chi connectivity index (χ0n) is 9.01. The van der Waals surface area contributed by atoms with Gasteiger partial charge in [0.05, 0.1) is 6.04 Å². The molecule has 1 aromatic carbocycles. The zero-order chi connectivity index (χ0) is 10.8. The SMILES string of the molecule is Cc1cccc([C@H](N)c2nccn2C)c1. The fourth-order valence-electron chi connectivity index (χ4n) is 1.69. The van der Waals surface area contributed by atoms with Crippen LogP contribution >= 0.6 is 0 Å². The lowest BCUT2D eigenvalue weighted by atomic mass is 10.0. The Bertz CT molecular complexity index is 459. The van der Waals surface area contributed by atoms with Crippen LogP contribution in [0, 0.1) is 6.92 Å². The molecule has 2 N–H and O–H groups in total. The summed E-state index contributed by atoms with van der Waals surface area (Å²) in [6, 6.07) is 8.07. The summed E-state index contributed by atoms with van der Waals surface area (Å²) in [6.07, 6.45) is 3.68. The second-order valence-corrected chi connectivity index (χ2v) is 3.79. The fourth-order valence-corrected chi connectivity index (χ4v) is 1.69. The van der Waals surface area contributed by atoms with Crippen molar-refractivity contribution >= 4 is 0 Å². The van der Waals surface area contributed by atoms with Gasteiger partial charge in [0.15, 0.2) is 0 Å². The van der Waals surface area contributed by atoms with E-state index in [4.69, 9.17) is 5.73 Å². The molecule has 0 bridgehead atoms. The molecular weight excluding hydrogens is 186 g/mol. The van der Waals surface area contributed by atoms with Crippen molar-refractivity contribution < 1.29 is 0 Å². The molecule has 0 aliphatic rings. The van der Waals surface area contributed by atoms with Crippen LogP contribution < -0.4 is 5.73 Å². The summed E-state index contributed by atoms with van der Waals surface area (Å²) in [5.74, 6) is 0.889. The van der Waals surface area contributed by atoms with E-state index < -0.39 is 0 Å². The monoisotopic (exact) mass is 201 g/mol. The average Bonchev–Trinajstić information content (AvgIpc) is 2.63. The van der Waals surface area contributed by atoms with Crippen molar-refractivity contribution in [2.45, 2.75) is 13.0 Å². The first-order valence-corrected chi connectivity index (χ1v) is 4.98. The molecule has 3 nitrogen and oxygen atoms in total. The number of hydrogen-bond donors (Lipinski definition) is 1. The molecule has 0 spiro atoms. The Hall–Kier alpha value is -1.61. The summed E-state index contributed by atoms with van der Waals surface area (Å²) in [4.78, 5) is 4.26. The van der Waals surface area contributed by atoms with Gasteiger partial charge in [-0.3, -0.25) is 0 Å². The van der Waals surface area contributed by atoms with Crippen LogP contribution in [0.5, 0.6) is 0 Å². The van der Waals surface area contributed by atoms with Crippen molar-refractivity contribution in [1.82, 2.24) is 9.55 Å². The van der Waals surface area contributed by atoms with E-state index >= 15 is 0 Å². The lowest BCUT2D eigenvalue weighted by molar-refractivity contribution is 0.716. The van der Waals surface area contributed by atoms with Gasteiger partial charge in [0.2, 0.25) is 0 Å². The third kappa shape index (κ3) is 1.92.